The zero-order valence-electron chi connectivity index (χ0n) is 11.6. The van der Waals surface area contributed by atoms with Gasteiger partial charge in [0.05, 0.1) is 0 Å². The number of rotatable bonds is 9. The van der Waals surface area contributed by atoms with E-state index in [2.05, 4.69) is 22.2 Å². The first kappa shape index (κ1) is 15.5. The van der Waals surface area contributed by atoms with Crippen LogP contribution in [0.1, 0.15) is 57.8 Å². The van der Waals surface area contributed by atoms with Crippen molar-refractivity contribution >= 4 is 5.78 Å². The number of carbonyl (C=O) groups excluding carboxylic acids is 1. The fourth-order valence-electron chi connectivity index (χ4n) is 2.23. The van der Waals surface area contributed by atoms with E-state index < -0.39 is 0 Å². The summed E-state index contributed by atoms with van der Waals surface area (Å²) in [7, 11) is 0. The second kappa shape index (κ2) is 10.4. The summed E-state index contributed by atoms with van der Waals surface area (Å²) < 4.78 is 0. The lowest BCUT2D eigenvalue weighted by Crippen LogP contribution is -2.02. The van der Waals surface area contributed by atoms with Crippen molar-refractivity contribution in [2.45, 2.75) is 57.8 Å². The van der Waals surface area contributed by atoms with Crippen LogP contribution < -0.4 is 0 Å². The molecule has 0 saturated heterocycles. The lowest BCUT2D eigenvalue weighted by atomic mass is 9.95. The van der Waals surface area contributed by atoms with Gasteiger partial charge in [0.15, 0.2) is 5.78 Å². The number of carbonyl (C=O) groups is 1. The molecule has 104 valence electrons. The minimum atomic E-state index is 0.303. The summed E-state index contributed by atoms with van der Waals surface area (Å²) in [5.74, 6) is 0.303. The Morgan fingerprint density at radius 2 is 2.00 bits per heavy atom. The van der Waals surface area contributed by atoms with Crippen LogP contribution in [-0.2, 0) is 4.79 Å². The van der Waals surface area contributed by atoms with Crippen molar-refractivity contribution in [3.63, 3.8) is 0 Å². The van der Waals surface area contributed by atoms with Gasteiger partial charge >= 0.3 is 0 Å². The van der Waals surface area contributed by atoms with Crippen LogP contribution >= 0.6 is 0 Å². The van der Waals surface area contributed by atoms with E-state index in [1.165, 1.54) is 5.57 Å². The van der Waals surface area contributed by atoms with Gasteiger partial charge in [-0.3, -0.25) is 4.79 Å². The monoisotopic (exact) mass is 261 g/mol. The molecule has 0 spiro atoms. The second-order valence-corrected chi connectivity index (χ2v) is 4.94. The maximum atomic E-state index is 11.2. The van der Waals surface area contributed by atoms with Crippen molar-refractivity contribution in [3.8, 4) is 0 Å². The molecule has 0 aromatic heterocycles. The molecule has 1 aliphatic rings. The average Bonchev–Trinajstić information content (AvgIpc) is 2.41. The van der Waals surface area contributed by atoms with Gasteiger partial charge < -0.3 is 0 Å². The number of unbranched alkanes of at least 4 members (excludes halogenated alkanes) is 3. The first-order valence-electron chi connectivity index (χ1n) is 7.21. The molecule has 0 aromatic rings. The van der Waals surface area contributed by atoms with E-state index in [-0.39, 0.29) is 0 Å². The van der Waals surface area contributed by atoms with Crippen LogP contribution in [0.3, 0.4) is 0 Å². The molecule has 1 rings (SSSR count). The largest absolute Gasteiger partial charge is 0.295 e. The maximum absolute atomic E-state index is 11.2. The third-order valence-electron chi connectivity index (χ3n) is 3.26. The molecular formula is C15H23N3O. The Morgan fingerprint density at radius 3 is 2.74 bits per heavy atom. The molecule has 0 amide bonds. The summed E-state index contributed by atoms with van der Waals surface area (Å²) in [4.78, 5) is 14.0. The van der Waals surface area contributed by atoms with Crippen LogP contribution in [0.5, 0.6) is 0 Å². The third kappa shape index (κ3) is 8.22. The van der Waals surface area contributed by atoms with Gasteiger partial charge in [-0.25, -0.2) is 0 Å². The minimum Gasteiger partial charge on any atom is -0.295 e. The second-order valence-electron chi connectivity index (χ2n) is 4.94. The van der Waals surface area contributed by atoms with E-state index in [0.29, 0.717) is 12.3 Å². The highest BCUT2D eigenvalue weighted by Crippen LogP contribution is 2.20. The Balaban J connectivity index is 1.98. The van der Waals surface area contributed by atoms with E-state index in [1.807, 2.05) is 6.08 Å². The Morgan fingerprint density at radius 1 is 1.21 bits per heavy atom. The summed E-state index contributed by atoms with van der Waals surface area (Å²) in [6, 6.07) is 0. The predicted molar refractivity (Wildman–Crippen MR) is 77.8 cm³/mol. The van der Waals surface area contributed by atoms with Crippen LogP contribution in [0.4, 0.5) is 0 Å². The van der Waals surface area contributed by atoms with Crippen molar-refractivity contribution in [1.82, 2.24) is 0 Å². The lowest BCUT2D eigenvalue weighted by molar-refractivity contribution is -0.115. The summed E-state index contributed by atoms with van der Waals surface area (Å²) >= 11 is 0. The zero-order chi connectivity index (χ0) is 13.8. The van der Waals surface area contributed by atoms with Crippen LogP contribution in [-0.4, -0.2) is 12.3 Å². The number of ketones is 1. The normalized spacial score (nSPS) is 15.4. The minimum absolute atomic E-state index is 0.303. The van der Waals surface area contributed by atoms with Crippen molar-refractivity contribution in [2.75, 3.05) is 6.54 Å². The third-order valence-corrected chi connectivity index (χ3v) is 3.26. The SMILES string of the molecule is [N-]=[N+]=NCCCC/C=C\CCCC1=CC(=O)CCC1. The van der Waals surface area contributed by atoms with Gasteiger partial charge in [-0.05, 0) is 63.0 Å². The maximum Gasteiger partial charge on any atom is 0.155 e. The fourth-order valence-corrected chi connectivity index (χ4v) is 2.23. The predicted octanol–water partition coefficient (Wildman–Crippen LogP) is 4.87. The van der Waals surface area contributed by atoms with E-state index in [4.69, 9.17) is 5.53 Å². The standard InChI is InChI=1S/C15H23N3O/c16-18-17-12-7-5-3-1-2-4-6-9-14-10-8-11-15(19)13-14/h1-2,13H,3-12H2/b2-1-. The molecule has 0 saturated carbocycles. The Hall–Kier alpha value is -1.54. The van der Waals surface area contributed by atoms with E-state index >= 15 is 0 Å². The van der Waals surface area contributed by atoms with Gasteiger partial charge in [0.2, 0.25) is 0 Å². The molecule has 0 aliphatic heterocycles. The number of hydrogen-bond donors (Lipinski definition) is 0. The van der Waals surface area contributed by atoms with E-state index in [0.717, 1.165) is 57.8 Å². The van der Waals surface area contributed by atoms with Crippen molar-refractivity contribution in [2.24, 2.45) is 5.11 Å². The van der Waals surface area contributed by atoms with E-state index in [9.17, 15) is 4.79 Å². The van der Waals surface area contributed by atoms with Gasteiger partial charge in [-0.15, -0.1) is 0 Å². The topological polar surface area (TPSA) is 65.8 Å². The van der Waals surface area contributed by atoms with Crippen molar-refractivity contribution in [3.05, 3.63) is 34.2 Å². The highest BCUT2D eigenvalue weighted by molar-refractivity contribution is 5.91. The summed E-state index contributed by atoms with van der Waals surface area (Å²) in [6.07, 6.45) is 15.5. The number of allylic oxidation sites excluding steroid dienone is 4. The molecule has 0 unspecified atom stereocenters. The molecule has 1 aliphatic carbocycles. The Bertz CT molecular complexity index is 379. The number of azide groups is 1. The smallest absolute Gasteiger partial charge is 0.155 e. The lowest BCUT2D eigenvalue weighted by Gasteiger charge is -2.10. The first-order valence-corrected chi connectivity index (χ1v) is 7.21. The molecular weight excluding hydrogens is 238 g/mol. The fraction of sp³-hybridized carbons (Fsp3) is 0.667. The molecule has 0 N–H and O–H groups in total. The van der Waals surface area contributed by atoms with Crippen molar-refractivity contribution < 1.29 is 4.79 Å². The van der Waals surface area contributed by atoms with Gasteiger partial charge in [0.25, 0.3) is 0 Å². The Kier molecular flexibility index (Phi) is 8.48. The molecule has 19 heavy (non-hydrogen) atoms. The molecule has 0 bridgehead atoms. The summed E-state index contributed by atoms with van der Waals surface area (Å²) in [6.45, 7) is 0.604. The zero-order valence-corrected chi connectivity index (χ0v) is 11.6. The summed E-state index contributed by atoms with van der Waals surface area (Å²) in [5.41, 5.74) is 9.44. The van der Waals surface area contributed by atoms with Crippen LogP contribution in [0.25, 0.3) is 10.4 Å². The van der Waals surface area contributed by atoms with Crippen molar-refractivity contribution in [1.29, 1.82) is 0 Å². The Labute approximate surface area is 115 Å². The quantitative estimate of drug-likeness (QED) is 0.192. The first-order chi connectivity index (χ1) is 9.33. The van der Waals surface area contributed by atoms with Crippen LogP contribution in [0, 0.1) is 0 Å². The molecule has 4 heteroatoms. The van der Waals surface area contributed by atoms with E-state index in [1.54, 1.807) is 0 Å². The van der Waals surface area contributed by atoms with Crippen LogP contribution in [0.15, 0.2) is 28.9 Å². The van der Waals surface area contributed by atoms with Gasteiger partial charge in [0.1, 0.15) is 0 Å². The number of nitrogens with zero attached hydrogens (tertiary/aromatic N) is 3. The highest BCUT2D eigenvalue weighted by Gasteiger charge is 2.08. The molecule has 0 atom stereocenters. The van der Waals surface area contributed by atoms with Gasteiger partial charge in [-0.2, -0.15) is 0 Å². The summed E-state index contributed by atoms with van der Waals surface area (Å²) in [5, 5.41) is 3.50. The molecule has 4 nitrogen and oxygen atoms in total. The highest BCUT2D eigenvalue weighted by atomic mass is 16.1. The molecule has 0 radical (unpaired) electrons. The number of hydrogen-bond acceptors (Lipinski definition) is 2. The molecule has 0 heterocycles. The van der Waals surface area contributed by atoms with Gasteiger partial charge in [0, 0.05) is 17.9 Å². The van der Waals surface area contributed by atoms with Crippen LogP contribution in [0.2, 0.25) is 0 Å². The average molecular weight is 261 g/mol. The van der Waals surface area contributed by atoms with Gasteiger partial charge in [-0.1, -0.05) is 22.8 Å². The molecule has 0 fully saturated rings. The molecule has 0 aromatic carbocycles.